The number of hydrogen-bond acceptors (Lipinski definition) is 2. The molecule has 2 N–H and O–H groups in total. The summed E-state index contributed by atoms with van der Waals surface area (Å²) in [4.78, 5) is 12.1. The Balaban J connectivity index is 1.92. The predicted molar refractivity (Wildman–Crippen MR) is 87.8 cm³/mol. The van der Waals surface area contributed by atoms with Crippen molar-refractivity contribution < 1.29 is 9.21 Å². The van der Waals surface area contributed by atoms with Crippen molar-refractivity contribution >= 4 is 6.03 Å². The Kier molecular flexibility index (Phi) is 5.26. The van der Waals surface area contributed by atoms with E-state index in [0.29, 0.717) is 6.54 Å². The smallest absolute Gasteiger partial charge is 0.315 e. The van der Waals surface area contributed by atoms with E-state index < -0.39 is 0 Å². The van der Waals surface area contributed by atoms with Crippen molar-refractivity contribution in [1.82, 2.24) is 10.6 Å². The lowest BCUT2D eigenvalue weighted by molar-refractivity contribution is 0.236. The van der Waals surface area contributed by atoms with Crippen LogP contribution in [0, 0.1) is 20.8 Å². The normalized spacial score (nSPS) is 12.0. The van der Waals surface area contributed by atoms with Crippen molar-refractivity contribution in [2.24, 2.45) is 0 Å². The predicted octanol–water partition coefficient (Wildman–Crippen LogP) is 4.16. The van der Waals surface area contributed by atoms with Crippen LogP contribution in [0.1, 0.15) is 47.6 Å². The molecule has 0 aliphatic carbocycles. The van der Waals surface area contributed by atoms with E-state index in [2.05, 4.69) is 48.7 Å². The summed E-state index contributed by atoms with van der Waals surface area (Å²) in [5.41, 5.74) is 3.35. The maximum atomic E-state index is 12.1. The molecule has 2 rings (SSSR count). The SMILES string of the molecule is CCC(NC(=O)NCc1cc(C)oc1C)c1ccc(C)cc1. The summed E-state index contributed by atoms with van der Waals surface area (Å²) in [5.74, 6) is 1.71. The van der Waals surface area contributed by atoms with Gasteiger partial charge in [0.1, 0.15) is 11.5 Å². The second-order valence-electron chi connectivity index (χ2n) is 5.64. The van der Waals surface area contributed by atoms with Crippen LogP contribution in [0.15, 0.2) is 34.7 Å². The molecule has 22 heavy (non-hydrogen) atoms. The summed E-state index contributed by atoms with van der Waals surface area (Å²) >= 11 is 0. The molecule has 1 heterocycles. The number of rotatable bonds is 5. The van der Waals surface area contributed by atoms with E-state index in [-0.39, 0.29) is 12.1 Å². The number of benzene rings is 1. The first-order valence-corrected chi connectivity index (χ1v) is 7.66. The highest BCUT2D eigenvalue weighted by molar-refractivity contribution is 5.74. The van der Waals surface area contributed by atoms with Crippen LogP contribution in [0.3, 0.4) is 0 Å². The summed E-state index contributed by atoms with van der Waals surface area (Å²) < 4.78 is 5.46. The van der Waals surface area contributed by atoms with Gasteiger partial charge < -0.3 is 15.1 Å². The Morgan fingerprint density at radius 1 is 1.18 bits per heavy atom. The Morgan fingerprint density at radius 3 is 2.41 bits per heavy atom. The van der Waals surface area contributed by atoms with E-state index in [0.717, 1.165) is 29.1 Å². The van der Waals surface area contributed by atoms with Crippen molar-refractivity contribution in [3.8, 4) is 0 Å². The molecule has 1 unspecified atom stereocenters. The van der Waals surface area contributed by atoms with Crippen molar-refractivity contribution in [2.75, 3.05) is 0 Å². The van der Waals surface area contributed by atoms with E-state index in [1.54, 1.807) is 0 Å². The fraction of sp³-hybridized carbons (Fsp3) is 0.389. The molecule has 0 radical (unpaired) electrons. The van der Waals surface area contributed by atoms with Crippen LogP contribution in [0.2, 0.25) is 0 Å². The monoisotopic (exact) mass is 300 g/mol. The molecular weight excluding hydrogens is 276 g/mol. The van der Waals surface area contributed by atoms with Gasteiger partial charge in [-0.25, -0.2) is 4.79 Å². The number of amides is 2. The van der Waals surface area contributed by atoms with Crippen molar-refractivity contribution in [2.45, 2.75) is 46.7 Å². The number of urea groups is 1. The molecule has 2 aromatic rings. The highest BCUT2D eigenvalue weighted by Crippen LogP contribution is 2.17. The third kappa shape index (κ3) is 4.13. The minimum Gasteiger partial charge on any atom is -0.466 e. The first-order chi connectivity index (χ1) is 10.5. The molecule has 1 atom stereocenters. The van der Waals surface area contributed by atoms with Crippen LogP contribution in [-0.2, 0) is 6.54 Å². The molecule has 4 heteroatoms. The van der Waals surface area contributed by atoms with E-state index in [1.807, 2.05) is 19.9 Å². The average molecular weight is 300 g/mol. The number of aryl methyl sites for hydroxylation is 3. The van der Waals surface area contributed by atoms with Crippen LogP contribution in [-0.4, -0.2) is 6.03 Å². The highest BCUT2D eigenvalue weighted by atomic mass is 16.3. The fourth-order valence-corrected chi connectivity index (χ4v) is 2.46. The molecule has 4 nitrogen and oxygen atoms in total. The minimum atomic E-state index is -0.161. The van der Waals surface area contributed by atoms with Gasteiger partial charge in [-0.2, -0.15) is 0 Å². The van der Waals surface area contributed by atoms with Gasteiger partial charge in [0.15, 0.2) is 0 Å². The zero-order valence-corrected chi connectivity index (χ0v) is 13.7. The molecule has 118 valence electrons. The van der Waals surface area contributed by atoms with Crippen LogP contribution in [0.5, 0.6) is 0 Å². The molecule has 0 saturated heterocycles. The molecule has 1 aromatic heterocycles. The first-order valence-electron chi connectivity index (χ1n) is 7.66. The van der Waals surface area contributed by atoms with Gasteiger partial charge in [0.2, 0.25) is 0 Å². The van der Waals surface area contributed by atoms with Crippen molar-refractivity contribution in [3.05, 3.63) is 58.5 Å². The fourth-order valence-electron chi connectivity index (χ4n) is 2.46. The summed E-state index contributed by atoms with van der Waals surface area (Å²) in [6, 6.07) is 10.1. The lowest BCUT2D eigenvalue weighted by Gasteiger charge is -2.18. The molecule has 2 amide bonds. The van der Waals surface area contributed by atoms with Crippen molar-refractivity contribution in [1.29, 1.82) is 0 Å². The number of hydrogen-bond donors (Lipinski definition) is 2. The van der Waals surface area contributed by atoms with E-state index in [1.165, 1.54) is 5.56 Å². The second kappa shape index (κ2) is 7.16. The Hall–Kier alpha value is -2.23. The van der Waals surface area contributed by atoms with E-state index >= 15 is 0 Å². The summed E-state index contributed by atoms with van der Waals surface area (Å²) in [6.07, 6.45) is 0.848. The number of furan rings is 1. The van der Waals surface area contributed by atoms with Gasteiger partial charge in [-0.15, -0.1) is 0 Å². The molecular formula is C18H24N2O2. The topological polar surface area (TPSA) is 54.3 Å². The van der Waals surface area contributed by atoms with Crippen LogP contribution in [0.25, 0.3) is 0 Å². The third-order valence-electron chi connectivity index (χ3n) is 3.78. The lowest BCUT2D eigenvalue weighted by atomic mass is 10.0. The maximum Gasteiger partial charge on any atom is 0.315 e. The summed E-state index contributed by atoms with van der Waals surface area (Å²) in [5, 5.41) is 5.91. The summed E-state index contributed by atoms with van der Waals surface area (Å²) in [7, 11) is 0. The van der Waals surface area contributed by atoms with Gasteiger partial charge in [-0.3, -0.25) is 0 Å². The zero-order valence-electron chi connectivity index (χ0n) is 13.7. The number of carbonyl (C=O) groups is 1. The van der Waals surface area contributed by atoms with Crippen molar-refractivity contribution in [3.63, 3.8) is 0 Å². The quantitative estimate of drug-likeness (QED) is 0.871. The second-order valence-corrected chi connectivity index (χ2v) is 5.64. The van der Waals surface area contributed by atoms with Gasteiger partial charge in [-0.05, 0) is 38.8 Å². The average Bonchev–Trinajstić information content (AvgIpc) is 2.81. The minimum absolute atomic E-state index is 0.0211. The molecule has 0 spiro atoms. The van der Waals surface area contributed by atoms with Gasteiger partial charge >= 0.3 is 6.03 Å². The Labute approximate surface area is 131 Å². The zero-order chi connectivity index (χ0) is 16.1. The lowest BCUT2D eigenvalue weighted by Crippen LogP contribution is -2.37. The van der Waals surface area contributed by atoms with Crippen LogP contribution < -0.4 is 10.6 Å². The van der Waals surface area contributed by atoms with E-state index in [4.69, 9.17) is 4.42 Å². The third-order valence-corrected chi connectivity index (χ3v) is 3.78. The van der Waals surface area contributed by atoms with Gasteiger partial charge in [0.05, 0.1) is 6.04 Å². The standard InChI is InChI=1S/C18H24N2O2/c1-5-17(15-8-6-12(2)7-9-15)20-18(21)19-11-16-10-13(3)22-14(16)4/h6-10,17H,5,11H2,1-4H3,(H2,19,20,21). The Morgan fingerprint density at radius 2 is 1.86 bits per heavy atom. The number of nitrogens with one attached hydrogen (secondary N) is 2. The van der Waals surface area contributed by atoms with E-state index in [9.17, 15) is 4.79 Å². The molecule has 0 bridgehead atoms. The van der Waals surface area contributed by atoms with Gasteiger partial charge in [-0.1, -0.05) is 36.8 Å². The first kappa shape index (κ1) is 16.1. The maximum absolute atomic E-state index is 12.1. The van der Waals surface area contributed by atoms with Gasteiger partial charge in [0.25, 0.3) is 0 Å². The highest BCUT2D eigenvalue weighted by Gasteiger charge is 2.13. The van der Waals surface area contributed by atoms with Gasteiger partial charge in [0, 0.05) is 12.1 Å². The largest absolute Gasteiger partial charge is 0.466 e. The molecule has 1 aromatic carbocycles. The molecule has 0 aliphatic heterocycles. The molecule has 0 aliphatic rings. The molecule has 0 fully saturated rings. The Bertz CT molecular complexity index is 629. The number of carbonyl (C=O) groups excluding carboxylic acids is 1. The van der Waals surface area contributed by atoms with Crippen LogP contribution in [0.4, 0.5) is 4.79 Å². The molecule has 0 saturated carbocycles. The van der Waals surface area contributed by atoms with Crippen LogP contribution >= 0.6 is 0 Å². The summed E-state index contributed by atoms with van der Waals surface area (Å²) in [6.45, 7) is 8.40.